The van der Waals surface area contributed by atoms with Crippen LogP contribution >= 0.6 is 11.6 Å². The number of benzene rings is 2. The molecule has 0 amide bonds. The van der Waals surface area contributed by atoms with Gasteiger partial charge in [0.2, 0.25) is 0 Å². The van der Waals surface area contributed by atoms with Gasteiger partial charge in [-0.25, -0.2) is 9.18 Å². The van der Waals surface area contributed by atoms with Crippen molar-refractivity contribution in [2.75, 3.05) is 0 Å². The zero-order valence-corrected chi connectivity index (χ0v) is 9.78. The molecule has 0 saturated heterocycles. The average molecular weight is 267 g/mol. The minimum Gasteiger partial charge on any atom is -0.508 e. The highest BCUT2D eigenvalue weighted by Gasteiger charge is 2.13. The van der Waals surface area contributed by atoms with Gasteiger partial charge in [-0.15, -0.1) is 0 Å². The van der Waals surface area contributed by atoms with Crippen LogP contribution in [-0.2, 0) is 0 Å². The lowest BCUT2D eigenvalue weighted by Gasteiger charge is -2.07. The maximum absolute atomic E-state index is 13.7. The summed E-state index contributed by atoms with van der Waals surface area (Å²) in [5.74, 6) is -1.84. The van der Waals surface area contributed by atoms with Crippen LogP contribution < -0.4 is 0 Å². The lowest BCUT2D eigenvalue weighted by Crippen LogP contribution is -1.97. The van der Waals surface area contributed by atoms with Crippen molar-refractivity contribution >= 4 is 17.6 Å². The van der Waals surface area contributed by atoms with Crippen molar-refractivity contribution in [2.24, 2.45) is 0 Å². The van der Waals surface area contributed by atoms with Crippen LogP contribution in [0.4, 0.5) is 4.39 Å². The minimum atomic E-state index is -1.16. The van der Waals surface area contributed by atoms with Gasteiger partial charge in [-0.05, 0) is 36.4 Å². The standard InChI is InChI=1S/C13H8ClFO3/c14-11-3-2-8(16)6-9(11)10-5-7(13(17)18)1-4-12(10)15/h1-6,16H,(H,17,18). The fraction of sp³-hybridized carbons (Fsp3) is 0. The molecule has 2 rings (SSSR count). The zero-order valence-electron chi connectivity index (χ0n) is 9.02. The van der Waals surface area contributed by atoms with Crippen LogP contribution in [0.2, 0.25) is 5.02 Å². The van der Waals surface area contributed by atoms with Crippen LogP contribution in [0.1, 0.15) is 10.4 Å². The monoisotopic (exact) mass is 266 g/mol. The highest BCUT2D eigenvalue weighted by Crippen LogP contribution is 2.33. The van der Waals surface area contributed by atoms with Crippen molar-refractivity contribution in [1.29, 1.82) is 0 Å². The van der Waals surface area contributed by atoms with Gasteiger partial charge >= 0.3 is 5.97 Å². The van der Waals surface area contributed by atoms with Gasteiger partial charge in [0.15, 0.2) is 0 Å². The van der Waals surface area contributed by atoms with Gasteiger partial charge in [0.25, 0.3) is 0 Å². The fourth-order valence-corrected chi connectivity index (χ4v) is 1.80. The summed E-state index contributed by atoms with van der Waals surface area (Å²) in [5, 5.41) is 18.5. The van der Waals surface area contributed by atoms with E-state index in [4.69, 9.17) is 16.7 Å². The number of rotatable bonds is 2. The number of carboxylic acid groups (broad SMARTS) is 1. The summed E-state index contributed by atoms with van der Waals surface area (Å²) in [6.07, 6.45) is 0. The fourth-order valence-electron chi connectivity index (χ4n) is 1.58. The normalized spacial score (nSPS) is 10.3. The van der Waals surface area contributed by atoms with E-state index in [9.17, 15) is 14.3 Å². The van der Waals surface area contributed by atoms with E-state index in [1.54, 1.807) is 0 Å². The molecule has 2 aromatic carbocycles. The highest BCUT2D eigenvalue weighted by atomic mass is 35.5. The second-order valence-electron chi connectivity index (χ2n) is 3.66. The molecule has 0 bridgehead atoms. The molecule has 0 aliphatic rings. The molecule has 3 nitrogen and oxygen atoms in total. The number of aromatic carboxylic acids is 1. The van der Waals surface area contributed by atoms with Gasteiger partial charge in [0, 0.05) is 16.1 Å². The molecule has 0 radical (unpaired) electrons. The van der Waals surface area contributed by atoms with Crippen LogP contribution in [0.3, 0.4) is 0 Å². The van der Waals surface area contributed by atoms with Crippen molar-refractivity contribution in [3.8, 4) is 16.9 Å². The number of carbonyl (C=O) groups is 1. The predicted molar refractivity (Wildman–Crippen MR) is 65.5 cm³/mol. The molecule has 0 aliphatic heterocycles. The van der Waals surface area contributed by atoms with E-state index in [-0.39, 0.29) is 27.5 Å². The Morgan fingerprint density at radius 2 is 1.83 bits per heavy atom. The van der Waals surface area contributed by atoms with E-state index in [0.717, 1.165) is 12.1 Å². The first-order valence-electron chi connectivity index (χ1n) is 5.01. The second kappa shape index (κ2) is 4.66. The van der Waals surface area contributed by atoms with Crippen LogP contribution in [0, 0.1) is 5.82 Å². The Bertz CT molecular complexity index is 626. The summed E-state index contributed by atoms with van der Waals surface area (Å²) >= 11 is 5.91. The van der Waals surface area contributed by atoms with Gasteiger partial charge < -0.3 is 10.2 Å². The average Bonchev–Trinajstić information content (AvgIpc) is 2.33. The summed E-state index contributed by atoms with van der Waals surface area (Å²) in [6, 6.07) is 7.46. The first-order chi connectivity index (χ1) is 8.49. The lowest BCUT2D eigenvalue weighted by atomic mass is 10.0. The SMILES string of the molecule is O=C(O)c1ccc(F)c(-c2cc(O)ccc2Cl)c1. The minimum absolute atomic E-state index is 0.0378. The summed E-state index contributed by atoms with van der Waals surface area (Å²) in [5.41, 5.74) is 0.235. The molecular formula is C13H8ClFO3. The number of phenolic OH excluding ortho intramolecular Hbond substituents is 1. The van der Waals surface area contributed by atoms with Gasteiger partial charge in [-0.3, -0.25) is 0 Å². The molecule has 0 fully saturated rings. The Morgan fingerprint density at radius 1 is 1.11 bits per heavy atom. The molecule has 0 saturated carbocycles. The quantitative estimate of drug-likeness (QED) is 0.874. The van der Waals surface area contributed by atoms with Crippen molar-refractivity contribution in [3.05, 3.63) is 52.8 Å². The van der Waals surface area contributed by atoms with Crippen LogP contribution in [0.5, 0.6) is 5.75 Å². The summed E-state index contributed by atoms with van der Waals surface area (Å²) in [4.78, 5) is 10.8. The number of hydrogen-bond acceptors (Lipinski definition) is 2. The maximum Gasteiger partial charge on any atom is 0.335 e. The van der Waals surface area contributed by atoms with E-state index < -0.39 is 11.8 Å². The lowest BCUT2D eigenvalue weighted by molar-refractivity contribution is 0.0697. The van der Waals surface area contributed by atoms with E-state index in [1.807, 2.05) is 0 Å². The Kier molecular flexibility index (Phi) is 3.21. The molecule has 18 heavy (non-hydrogen) atoms. The van der Waals surface area contributed by atoms with Gasteiger partial charge in [-0.1, -0.05) is 11.6 Å². The molecule has 0 aromatic heterocycles. The predicted octanol–water partition coefficient (Wildman–Crippen LogP) is 3.55. The van der Waals surface area contributed by atoms with E-state index in [0.29, 0.717) is 0 Å². The number of carboxylic acids is 1. The molecule has 92 valence electrons. The Balaban J connectivity index is 2.66. The smallest absolute Gasteiger partial charge is 0.335 e. The molecule has 0 aliphatic carbocycles. The Hall–Kier alpha value is -2.07. The first kappa shape index (κ1) is 12.4. The molecule has 0 atom stereocenters. The second-order valence-corrected chi connectivity index (χ2v) is 4.07. The maximum atomic E-state index is 13.7. The highest BCUT2D eigenvalue weighted by molar-refractivity contribution is 6.33. The Morgan fingerprint density at radius 3 is 2.50 bits per heavy atom. The zero-order chi connectivity index (χ0) is 13.3. The molecule has 5 heteroatoms. The first-order valence-corrected chi connectivity index (χ1v) is 5.38. The third-order valence-electron chi connectivity index (χ3n) is 2.45. The van der Waals surface area contributed by atoms with Crippen molar-refractivity contribution in [3.63, 3.8) is 0 Å². The number of phenols is 1. The topological polar surface area (TPSA) is 57.5 Å². The molecule has 2 N–H and O–H groups in total. The number of aromatic hydroxyl groups is 1. The van der Waals surface area contributed by atoms with E-state index >= 15 is 0 Å². The summed E-state index contributed by atoms with van der Waals surface area (Å²) in [6.45, 7) is 0. The van der Waals surface area contributed by atoms with Crippen molar-refractivity contribution < 1.29 is 19.4 Å². The molecule has 2 aromatic rings. The van der Waals surface area contributed by atoms with Crippen LogP contribution in [0.25, 0.3) is 11.1 Å². The summed E-state index contributed by atoms with van der Waals surface area (Å²) < 4.78 is 13.7. The van der Waals surface area contributed by atoms with Crippen molar-refractivity contribution in [1.82, 2.24) is 0 Å². The van der Waals surface area contributed by atoms with Gasteiger partial charge in [0.05, 0.1) is 5.56 Å². The number of halogens is 2. The molecule has 0 spiro atoms. The van der Waals surface area contributed by atoms with Gasteiger partial charge in [0.1, 0.15) is 11.6 Å². The van der Waals surface area contributed by atoms with Crippen molar-refractivity contribution in [2.45, 2.75) is 0 Å². The molecule has 0 heterocycles. The van der Waals surface area contributed by atoms with E-state index in [2.05, 4.69) is 0 Å². The molecule has 0 unspecified atom stereocenters. The van der Waals surface area contributed by atoms with E-state index in [1.165, 1.54) is 24.3 Å². The largest absolute Gasteiger partial charge is 0.508 e. The number of hydrogen-bond donors (Lipinski definition) is 2. The third kappa shape index (κ3) is 2.28. The van der Waals surface area contributed by atoms with Crippen LogP contribution in [-0.4, -0.2) is 16.2 Å². The van der Waals surface area contributed by atoms with Gasteiger partial charge in [-0.2, -0.15) is 0 Å². The molecular weight excluding hydrogens is 259 g/mol. The summed E-state index contributed by atoms with van der Waals surface area (Å²) in [7, 11) is 0. The Labute approximate surface area is 107 Å². The van der Waals surface area contributed by atoms with Crippen LogP contribution in [0.15, 0.2) is 36.4 Å². The third-order valence-corrected chi connectivity index (χ3v) is 2.78.